The Balaban J connectivity index is 4.71. The van der Waals surface area contributed by atoms with Crippen molar-refractivity contribution >= 4 is 30.8 Å². The summed E-state index contributed by atoms with van der Waals surface area (Å²) in [5.41, 5.74) is 0. The first-order valence-electron chi connectivity index (χ1n) is 3.97. The predicted octanol–water partition coefficient (Wildman–Crippen LogP) is 3.68. The standard InChI is InChI=1S/C8H13Cl2O3P/c1-4-5-14(11,12)13-7(6(2)3)8(9)10/h4,6H,1,5H2,2-3H3,(H,11,12). The second-order valence-corrected chi connectivity index (χ2v) is 5.75. The maximum absolute atomic E-state index is 11.3. The van der Waals surface area contributed by atoms with E-state index in [2.05, 4.69) is 6.58 Å². The lowest BCUT2D eigenvalue weighted by Crippen LogP contribution is -2.01. The first kappa shape index (κ1) is 14.1. The number of hydrogen-bond acceptors (Lipinski definition) is 2. The molecule has 0 radical (unpaired) electrons. The molecule has 0 saturated heterocycles. The van der Waals surface area contributed by atoms with Crippen molar-refractivity contribution in [2.45, 2.75) is 13.8 Å². The van der Waals surface area contributed by atoms with Crippen molar-refractivity contribution in [3.05, 3.63) is 22.9 Å². The normalized spacial score (nSPS) is 14.7. The quantitative estimate of drug-likeness (QED) is 0.465. The van der Waals surface area contributed by atoms with Crippen LogP contribution in [0.25, 0.3) is 0 Å². The van der Waals surface area contributed by atoms with Crippen LogP contribution in [0.15, 0.2) is 22.9 Å². The SMILES string of the molecule is C=CCP(=O)(O)OC(=C(Cl)Cl)C(C)C. The van der Waals surface area contributed by atoms with Gasteiger partial charge in [0.1, 0.15) is 10.3 Å². The molecule has 0 rings (SSSR count). The number of halogens is 2. The molecule has 0 spiro atoms. The van der Waals surface area contributed by atoms with E-state index < -0.39 is 7.60 Å². The fourth-order valence-corrected chi connectivity index (χ4v) is 2.34. The van der Waals surface area contributed by atoms with Crippen LogP contribution in [-0.4, -0.2) is 11.1 Å². The van der Waals surface area contributed by atoms with Crippen LogP contribution in [0.3, 0.4) is 0 Å². The molecule has 82 valence electrons. The van der Waals surface area contributed by atoms with Gasteiger partial charge < -0.3 is 9.42 Å². The van der Waals surface area contributed by atoms with Gasteiger partial charge in [-0.2, -0.15) is 0 Å². The Bertz CT molecular complexity index is 282. The highest BCUT2D eigenvalue weighted by molar-refractivity contribution is 7.53. The average Bonchev–Trinajstić information content (AvgIpc) is 1.99. The van der Waals surface area contributed by atoms with Gasteiger partial charge in [0.2, 0.25) is 0 Å². The van der Waals surface area contributed by atoms with Crippen molar-refractivity contribution in [1.82, 2.24) is 0 Å². The molecule has 6 heteroatoms. The van der Waals surface area contributed by atoms with Crippen molar-refractivity contribution < 1.29 is 14.0 Å². The van der Waals surface area contributed by atoms with Gasteiger partial charge in [-0.1, -0.05) is 43.1 Å². The van der Waals surface area contributed by atoms with E-state index >= 15 is 0 Å². The molecule has 0 aromatic heterocycles. The molecule has 0 amide bonds. The van der Waals surface area contributed by atoms with Crippen LogP contribution >= 0.6 is 30.8 Å². The zero-order valence-electron chi connectivity index (χ0n) is 8.04. The molecule has 0 aromatic rings. The maximum Gasteiger partial charge on any atom is 0.380 e. The van der Waals surface area contributed by atoms with Crippen molar-refractivity contribution in [3.8, 4) is 0 Å². The number of hydrogen-bond donors (Lipinski definition) is 1. The molecule has 14 heavy (non-hydrogen) atoms. The topological polar surface area (TPSA) is 46.5 Å². The highest BCUT2D eigenvalue weighted by Gasteiger charge is 2.23. The molecule has 0 heterocycles. The van der Waals surface area contributed by atoms with Gasteiger partial charge in [0.05, 0.1) is 6.16 Å². The van der Waals surface area contributed by atoms with E-state index in [4.69, 9.17) is 27.7 Å². The second-order valence-electron chi connectivity index (χ2n) is 2.98. The van der Waals surface area contributed by atoms with E-state index in [-0.39, 0.29) is 22.3 Å². The van der Waals surface area contributed by atoms with Gasteiger partial charge in [0, 0.05) is 5.92 Å². The third kappa shape index (κ3) is 5.06. The molecule has 1 atom stereocenters. The fraction of sp³-hybridized carbons (Fsp3) is 0.500. The molecule has 1 N–H and O–H groups in total. The molecule has 0 aromatic carbocycles. The lowest BCUT2D eigenvalue weighted by molar-refractivity contribution is 0.300. The molecule has 0 aliphatic carbocycles. The predicted molar refractivity (Wildman–Crippen MR) is 59.5 cm³/mol. The van der Waals surface area contributed by atoms with Crippen LogP contribution in [0.4, 0.5) is 0 Å². The van der Waals surface area contributed by atoms with Crippen molar-refractivity contribution in [3.63, 3.8) is 0 Å². The molecule has 0 bridgehead atoms. The minimum Gasteiger partial charge on any atom is -0.426 e. The van der Waals surface area contributed by atoms with E-state index in [9.17, 15) is 9.46 Å². The summed E-state index contributed by atoms with van der Waals surface area (Å²) in [4.78, 5) is 9.29. The molecule has 0 aliphatic rings. The van der Waals surface area contributed by atoms with Crippen LogP contribution in [0.1, 0.15) is 13.8 Å². The number of allylic oxidation sites excluding steroid dienone is 2. The van der Waals surface area contributed by atoms with E-state index in [1.54, 1.807) is 13.8 Å². The maximum atomic E-state index is 11.3. The summed E-state index contributed by atoms with van der Waals surface area (Å²) in [6, 6.07) is 0. The van der Waals surface area contributed by atoms with Gasteiger partial charge in [-0.25, -0.2) is 4.57 Å². The van der Waals surface area contributed by atoms with Gasteiger partial charge >= 0.3 is 7.60 Å². The van der Waals surface area contributed by atoms with Gasteiger partial charge in [-0.3, -0.25) is 0 Å². The zero-order valence-corrected chi connectivity index (χ0v) is 10.4. The van der Waals surface area contributed by atoms with Gasteiger partial charge in [0.15, 0.2) is 0 Å². The third-order valence-electron chi connectivity index (χ3n) is 1.31. The molecule has 1 unspecified atom stereocenters. The largest absolute Gasteiger partial charge is 0.426 e. The Kier molecular flexibility index (Phi) is 5.84. The van der Waals surface area contributed by atoms with Crippen LogP contribution in [-0.2, 0) is 9.09 Å². The van der Waals surface area contributed by atoms with Crippen molar-refractivity contribution in [1.29, 1.82) is 0 Å². The Labute approximate surface area is 93.9 Å². The molecular formula is C8H13Cl2O3P. The first-order valence-corrected chi connectivity index (χ1v) is 6.49. The fourth-order valence-electron chi connectivity index (χ4n) is 0.712. The first-order chi connectivity index (χ1) is 6.30. The van der Waals surface area contributed by atoms with E-state index in [0.29, 0.717) is 0 Å². The molecule has 3 nitrogen and oxygen atoms in total. The van der Waals surface area contributed by atoms with Crippen LogP contribution in [0, 0.1) is 5.92 Å². The van der Waals surface area contributed by atoms with Crippen LogP contribution in [0.5, 0.6) is 0 Å². The van der Waals surface area contributed by atoms with E-state index in [1.165, 1.54) is 6.08 Å². The van der Waals surface area contributed by atoms with Crippen LogP contribution in [0.2, 0.25) is 0 Å². The summed E-state index contributed by atoms with van der Waals surface area (Å²) >= 11 is 11.0. The third-order valence-corrected chi connectivity index (χ3v) is 2.89. The smallest absolute Gasteiger partial charge is 0.380 e. The lowest BCUT2D eigenvalue weighted by Gasteiger charge is -2.17. The van der Waals surface area contributed by atoms with Gasteiger partial charge in [0.25, 0.3) is 0 Å². The lowest BCUT2D eigenvalue weighted by atomic mass is 10.2. The summed E-state index contributed by atoms with van der Waals surface area (Å²) in [6.45, 7) is 6.86. The zero-order chi connectivity index (χ0) is 11.4. The van der Waals surface area contributed by atoms with Gasteiger partial charge in [-0.05, 0) is 0 Å². The summed E-state index contributed by atoms with van der Waals surface area (Å²) in [7, 11) is -3.70. The second kappa shape index (κ2) is 5.82. The minimum absolute atomic E-state index is 0.126. The number of rotatable bonds is 5. The highest BCUT2D eigenvalue weighted by Crippen LogP contribution is 2.46. The van der Waals surface area contributed by atoms with Crippen LogP contribution < -0.4 is 0 Å². The van der Waals surface area contributed by atoms with E-state index in [0.717, 1.165) is 0 Å². The Hall–Kier alpha value is 0.0500. The highest BCUT2D eigenvalue weighted by atomic mass is 35.5. The Morgan fingerprint density at radius 3 is 2.43 bits per heavy atom. The minimum atomic E-state index is -3.70. The average molecular weight is 259 g/mol. The van der Waals surface area contributed by atoms with Gasteiger partial charge in [-0.15, -0.1) is 6.58 Å². The Morgan fingerprint density at radius 2 is 2.14 bits per heavy atom. The Morgan fingerprint density at radius 1 is 1.64 bits per heavy atom. The van der Waals surface area contributed by atoms with E-state index in [1.807, 2.05) is 0 Å². The molecule has 0 aliphatic heterocycles. The van der Waals surface area contributed by atoms with Crippen molar-refractivity contribution in [2.75, 3.05) is 6.16 Å². The monoisotopic (exact) mass is 258 g/mol. The molecule has 0 fully saturated rings. The molecule has 0 saturated carbocycles. The van der Waals surface area contributed by atoms with Crippen molar-refractivity contribution in [2.24, 2.45) is 5.92 Å². The summed E-state index contributed by atoms with van der Waals surface area (Å²) < 4.78 is 16.1. The summed E-state index contributed by atoms with van der Waals surface area (Å²) in [6.07, 6.45) is 1.17. The molecular weight excluding hydrogens is 246 g/mol. The summed E-state index contributed by atoms with van der Waals surface area (Å²) in [5.74, 6) is -0.0219. The summed E-state index contributed by atoms with van der Waals surface area (Å²) in [5, 5.41) is 0.